The van der Waals surface area contributed by atoms with Crippen molar-refractivity contribution in [2.75, 3.05) is 26.8 Å². The summed E-state index contributed by atoms with van der Waals surface area (Å²) in [6.07, 6.45) is 3.20. The highest BCUT2D eigenvalue weighted by molar-refractivity contribution is 6.30. The van der Waals surface area contributed by atoms with Gasteiger partial charge in [-0.1, -0.05) is 23.7 Å². The van der Waals surface area contributed by atoms with Crippen molar-refractivity contribution in [3.8, 4) is 0 Å². The maximum absolute atomic E-state index is 6.07. The third-order valence-electron chi connectivity index (χ3n) is 4.17. The summed E-state index contributed by atoms with van der Waals surface area (Å²) in [5, 5.41) is 0.780. The normalized spacial score (nSPS) is 24.4. The van der Waals surface area contributed by atoms with Crippen LogP contribution < -0.4 is 5.73 Å². The predicted molar refractivity (Wildman–Crippen MR) is 79.4 cm³/mol. The Kier molecular flexibility index (Phi) is 5.22. The monoisotopic (exact) mass is 282 g/mol. The van der Waals surface area contributed by atoms with E-state index in [-0.39, 0.29) is 5.54 Å². The van der Waals surface area contributed by atoms with Crippen molar-refractivity contribution >= 4 is 11.6 Å². The smallest absolute Gasteiger partial charge is 0.0484 e. The predicted octanol–water partition coefficient (Wildman–Crippen LogP) is 2.67. The molecule has 0 aromatic heterocycles. The van der Waals surface area contributed by atoms with Gasteiger partial charge in [0.1, 0.15) is 0 Å². The van der Waals surface area contributed by atoms with Gasteiger partial charge < -0.3 is 10.5 Å². The molecule has 19 heavy (non-hydrogen) atoms. The molecule has 0 bridgehead atoms. The average molecular weight is 283 g/mol. The fraction of sp³-hybridized carbons (Fsp3) is 0.600. The zero-order chi connectivity index (χ0) is 13.7. The molecular weight excluding hydrogens is 260 g/mol. The van der Waals surface area contributed by atoms with Crippen LogP contribution in [0.1, 0.15) is 24.8 Å². The Morgan fingerprint density at radius 2 is 2.00 bits per heavy atom. The van der Waals surface area contributed by atoms with Crippen LogP contribution in [0.25, 0.3) is 0 Å². The maximum atomic E-state index is 6.07. The number of benzene rings is 1. The van der Waals surface area contributed by atoms with Crippen molar-refractivity contribution < 1.29 is 4.74 Å². The van der Waals surface area contributed by atoms with Gasteiger partial charge in [0.05, 0.1) is 0 Å². The summed E-state index contributed by atoms with van der Waals surface area (Å²) in [7, 11) is 2.16. The van der Waals surface area contributed by atoms with Crippen LogP contribution in [0, 0.1) is 0 Å². The van der Waals surface area contributed by atoms with Gasteiger partial charge in [-0.05, 0) is 44.0 Å². The summed E-state index contributed by atoms with van der Waals surface area (Å²) in [5.41, 5.74) is 7.40. The van der Waals surface area contributed by atoms with E-state index < -0.39 is 0 Å². The molecule has 0 amide bonds. The molecule has 1 saturated heterocycles. The Hall–Kier alpha value is -0.610. The summed E-state index contributed by atoms with van der Waals surface area (Å²) < 4.78 is 5.57. The van der Waals surface area contributed by atoms with E-state index in [4.69, 9.17) is 22.1 Å². The van der Waals surface area contributed by atoms with Gasteiger partial charge in [-0.2, -0.15) is 0 Å². The van der Waals surface area contributed by atoms with Gasteiger partial charge in [0.2, 0.25) is 0 Å². The van der Waals surface area contributed by atoms with E-state index in [1.807, 2.05) is 12.1 Å². The Bertz CT molecular complexity index is 386. The number of nitrogens with two attached hydrogens (primary N) is 1. The molecule has 0 radical (unpaired) electrons. The minimum absolute atomic E-state index is 0.0656. The van der Waals surface area contributed by atoms with Gasteiger partial charge in [0, 0.05) is 36.9 Å². The first-order valence-corrected chi connectivity index (χ1v) is 7.28. The minimum Gasteiger partial charge on any atom is -0.381 e. The van der Waals surface area contributed by atoms with Crippen LogP contribution in [-0.4, -0.2) is 37.2 Å². The summed E-state index contributed by atoms with van der Waals surface area (Å²) in [6, 6.07) is 8.04. The number of ether oxygens (including phenoxy) is 1. The topological polar surface area (TPSA) is 38.5 Å². The molecular formula is C15H23ClN2O. The zero-order valence-corrected chi connectivity index (χ0v) is 12.3. The van der Waals surface area contributed by atoms with Crippen LogP contribution in [0.4, 0.5) is 0 Å². The number of halogens is 1. The lowest BCUT2D eigenvalue weighted by atomic mass is 9.88. The van der Waals surface area contributed by atoms with Gasteiger partial charge in [0.25, 0.3) is 0 Å². The standard InChI is InChI=1S/C15H23ClN2O/c1-18(11-13-3-5-14(16)6-4-13)15(12-17)7-2-9-19-10-8-15/h3-6H,2,7-12,17H2,1H3. The molecule has 2 N–H and O–H groups in total. The molecule has 1 fully saturated rings. The van der Waals surface area contributed by atoms with Crippen molar-refractivity contribution in [2.45, 2.75) is 31.3 Å². The van der Waals surface area contributed by atoms with Gasteiger partial charge in [-0.25, -0.2) is 0 Å². The molecule has 2 rings (SSSR count). The van der Waals surface area contributed by atoms with E-state index >= 15 is 0 Å². The number of hydrogen-bond donors (Lipinski definition) is 1. The van der Waals surface area contributed by atoms with Crippen LogP contribution in [0.15, 0.2) is 24.3 Å². The second-order valence-electron chi connectivity index (χ2n) is 5.38. The van der Waals surface area contributed by atoms with Crippen LogP contribution in [0.5, 0.6) is 0 Å². The molecule has 1 unspecified atom stereocenters. The van der Waals surface area contributed by atoms with Gasteiger partial charge in [-0.15, -0.1) is 0 Å². The first-order valence-electron chi connectivity index (χ1n) is 6.90. The second kappa shape index (κ2) is 6.71. The van der Waals surface area contributed by atoms with Crippen molar-refractivity contribution in [3.05, 3.63) is 34.9 Å². The minimum atomic E-state index is 0.0656. The van der Waals surface area contributed by atoms with Gasteiger partial charge >= 0.3 is 0 Å². The summed E-state index contributed by atoms with van der Waals surface area (Å²) >= 11 is 5.92. The fourth-order valence-electron chi connectivity index (χ4n) is 2.77. The fourth-order valence-corrected chi connectivity index (χ4v) is 2.89. The Balaban J connectivity index is 2.07. The molecule has 4 heteroatoms. The zero-order valence-electron chi connectivity index (χ0n) is 11.6. The van der Waals surface area contributed by atoms with E-state index in [0.717, 1.165) is 44.0 Å². The lowest BCUT2D eigenvalue weighted by molar-refractivity contribution is 0.0835. The van der Waals surface area contributed by atoms with E-state index in [1.54, 1.807) is 0 Å². The molecule has 1 aliphatic heterocycles. The molecule has 0 aliphatic carbocycles. The Morgan fingerprint density at radius 3 is 2.68 bits per heavy atom. The Labute approximate surface area is 120 Å². The van der Waals surface area contributed by atoms with Crippen LogP contribution in [0.3, 0.4) is 0 Å². The van der Waals surface area contributed by atoms with E-state index in [9.17, 15) is 0 Å². The largest absolute Gasteiger partial charge is 0.381 e. The third kappa shape index (κ3) is 3.69. The molecule has 1 aromatic carbocycles. The number of rotatable bonds is 4. The second-order valence-corrected chi connectivity index (χ2v) is 5.81. The first-order chi connectivity index (χ1) is 9.16. The van der Waals surface area contributed by atoms with Crippen molar-refractivity contribution in [2.24, 2.45) is 5.73 Å². The molecule has 0 spiro atoms. The van der Waals surface area contributed by atoms with Crippen LogP contribution in [-0.2, 0) is 11.3 Å². The highest BCUT2D eigenvalue weighted by atomic mass is 35.5. The number of hydrogen-bond acceptors (Lipinski definition) is 3. The van der Waals surface area contributed by atoms with Crippen LogP contribution in [0.2, 0.25) is 5.02 Å². The SMILES string of the molecule is CN(Cc1ccc(Cl)cc1)C1(CN)CCCOCC1. The molecule has 106 valence electrons. The Morgan fingerprint density at radius 1 is 1.26 bits per heavy atom. The average Bonchev–Trinajstić information content (AvgIpc) is 2.67. The van der Waals surface area contributed by atoms with Crippen LogP contribution >= 0.6 is 11.6 Å². The third-order valence-corrected chi connectivity index (χ3v) is 4.42. The molecule has 0 saturated carbocycles. The summed E-state index contributed by atoms with van der Waals surface area (Å²) in [4.78, 5) is 2.38. The first kappa shape index (κ1) is 14.8. The lowest BCUT2D eigenvalue weighted by Gasteiger charge is -2.40. The number of likely N-dealkylation sites (N-methyl/N-ethyl adjacent to an activating group) is 1. The van der Waals surface area contributed by atoms with Crippen molar-refractivity contribution in [1.82, 2.24) is 4.90 Å². The highest BCUT2D eigenvalue weighted by Crippen LogP contribution is 2.28. The van der Waals surface area contributed by atoms with E-state index in [2.05, 4.69) is 24.1 Å². The molecule has 1 heterocycles. The molecule has 1 aromatic rings. The summed E-state index contributed by atoms with van der Waals surface area (Å²) in [6.45, 7) is 3.24. The van der Waals surface area contributed by atoms with Crippen molar-refractivity contribution in [3.63, 3.8) is 0 Å². The maximum Gasteiger partial charge on any atom is 0.0484 e. The molecule has 1 atom stereocenters. The van der Waals surface area contributed by atoms with E-state index in [0.29, 0.717) is 6.54 Å². The lowest BCUT2D eigenvalue weighted by Crippen LogP contribution is -2.51. The number of nitrogens with zero attached hydrogens (tertiary/aromatic N) is 1. The van der Waals surface area contributed by atoms with Crippen molar-refractivity contribution in [1.29, 1.82) is 0 Å². The highest BCUT2D eigenvalue weighted by Gasteiger charge is 2.33. The van der Waals surface area contributed by atoms with Gasteiger partial charge in [0.15, 0.2) is 0 Å². The molecule has 3 nitrogen and oxygen atoms in total. The summed E-state index contributed by atoms with van der Waals surface area (Å²) in [5.74, 6) is 0. The van der Waals surface area contributed by atoms with Gasteiger partial charge in [-0.3, -0.25) is 4.90 Å². The quantitative estimate of drug-likeness (QED) is 0.923. The molecule has 1 aliphatic rings. The van der Waals surface area contributed by atoms with E-state index in [1.165, 1.54) is 5.56 Å².